The van der Waals surface area contributed by atoms with E-state index >= 15 is 0 Å². The minimum Gasteiger partial charge on any atom is -0.507 e. The number of ether oxygens (including phenoxy) is 1. The third kappa shape index (κ3) is 12.5. The van der Waals surface area contributed by atoms with Crippen LogP contribution in [0.3, 0.4) is 0 Å². The van der Waals surface area contributed by atoms with E-state index in [0.717, 1.165) is 78.9 Å². The highest BCUT2D eigenvalue weighted by Crippen LogP contribution is 2.45. The normalized spacial score (nSPS) is 14.1. The molecule has 0 unspecified atom stereocenters. The van der Waals surface area contributed by atoms with Crippen LogP contribution < -0.4 is 4.74 Å². The summed E-state index contributed by atoms with van der Waals surface area (Å²) in [7, 11) is 0. The summed E-state index contributed by atoms with van der Waals surface area (Å²) in [6.45, 7) is 41.9. The molecule has 6 aromatic carbocycles. The molecule has 6 nitrogen and oxygen atoms in total. The minimum absolute atomic E-state index is 0.127. The lowest BCUT2D eigenvalue weighted by molar-refractivity contribution is 0.311. The Hall–Kier alpha value is -5.88. The van der Waals surface area contributed by atoms with Gasteiger partial charge in [0.15, 0.2) is 0 Å². The summed E-state index contributed by atoms with van der Waals surface area (Å²) in [5.74, 6) is 1.53. The first-order chi connectivity index (χ1) is 34.4. The van der Waals surface area contributed by atoms with Crippen LogP contribution in [0.25, 0.3) is 0 Å². The van der Waals surface area contributed by atoms with Gasteiger partial charge >= 0.3 is 0 Å². The standard InChI is InChI=1S/C69H90O6/c1-20-21-75-63-50-26-48-36-55(67(11,12)13)34-46(61(48)73)24-44-32-53(65(5,6)7)30-42(59(44)71)22-40-28-52(64(2,3)4)29-41(58(40)70)23-43-31-54(66(8,9)10)33-45(60(43)72)25-47-35-56(68(14,15)16)37-49(62(47)74)27-51(63)39-57(38-50)69(17,18)19/h28-39,70-74H,20-27H2,1-19H3. The molecule has 1 aliphatic rings. The van der Waals surface area contributed by atoms with E-state index in [2.05, 4.69) is 204 Å². The largest absolute Gasteiger partial charge is 0.507 e. The van der Waals surface area contributed by atoms with Gasteiger partial charge in [-0.1, -0.05) is 204 Å². The van der Waals surface area contributed by atoms with Crippen LogP contribution in [0.15, 0.2) is 72.8 Å². The number of hydrogen-bond donors (Lipinski definition) is 5. The van der Waals surface area contributed by atoms with Gasteiger partial charge in [-0.2, -0.15) is 0 Å². The number of hydrogen-bond acceptors (Lipinski definition) is 6. The number of benzene rings is 6. The summed E-state index contributed by atoms with van der Waals surface area (Å²) in [6.07, 6.45) is 2.61. The quantitative estimate of drug-likeness (QED) is 0.121. The number of rotatable bonds is 3. The zero-order valence-corrected chi connectivity index (χ0v) is 49.2. The van der Waals surface area contributed by atoms with Crippen LogP contribution in [0.5, 0.6) is 34.5 Å². The van der Waals surface area contributed by atoms with Gasteiger partial charge in [0.05, 0.1) is 6.61 Å². The molecule has 5 N–H and O–H groups in total. The van der Waals surface area contributed by atoms with E-state index in [0.29, 0.717) is 52.8 Å². The molecule has 1 aliphatic carbocycles. The number of fused-ring (bicyclic) bond motifs is 12. The van der Waals surface area contributed by atoms with Gasteiger partial charge in [-0.05, 0) is 139 Å². The van der Waals surface area contributed by atoms with Gasteiger partial charge < -0.3 is 30.3 Å². The Balaban J connectivity index is 1.61. The molecule has 0 aliphatic heterocycles. The van der Waals surface area contributed by atoms with Crippen molar-refractivity contribution in [1.82, 2.24) is 0 Å². The second-order valence-corrected chi connectivity index (χ2v) is 28.2. The molecule has 0 saturated heterocycles. The predicted octanol–water partition coefficient (Wildman–Crippen LogP) is 16.6. The van der Waals surface area contributed by atoms with Crippen LogP contribution >= 0.6 is 0 Å². The molecule has 75 heavy (non-hydrogen) atoms. The molecule has 0 fully saturated rings. The fraction of sp³-hybridized carbons (Fsp3) is 0.478. The topological polar surface area (TPSA) is 110 Å². The van der Waals surface area contributed by atoms with E-state index in [1.54, 1.807) is 0 Å². The molecule has 7 rings (SSSR count). The molecule has 0 radical (unpaired) electrons. The van der Waals surface area contributed by atoms with Gasteiger partial charge in [0.2, 0.25) is 0 Å². The molecule has 0 amide bonds. The summed E-state index contributed by atoms with van der Waals surface area (Å²) in [5, 5.41) is 63.0. The van der Waals surface area contributed by atoms with Crippen molar-refractivity contribution in [2.75, 3.05) is 6.61 Å². The van der Waals surface area contributed by atoms with Crippen molar-refractivity contribution >= 4 is 0 Å². The van der Waals surface area contributed by atoms with Crippen LogP contribution in [0.2, 0.25) is 0 Å². The van der Waals surface area contributed by atoms with Crippen LogP contribution in [0.1, 0.15) is 238 Å². The second-order valence-electron chi connectivity index (χ2n) is 28.2. The van der Waals surface area contributed by atoms with E-state index in [-0.39, 0.29) is 86.9 Å². The monoisotopic (exact) mass is 1010 g/mol. The van der Waals surface area contributed by atoms with Gasteiger partial charge in [0, 0.05) is 38.5 Å². The summed E-state index contributed by atoms with van der Waals surface area (Å²) in [4.78, 5) is 0. The summed E-state index contributed by atoms with van der Waals surface area (Å²) in [6, 6.07) is 25.4. The summed E-state index contributed by atoms with van der Waals surface area (Å²) in [5.41, 5.74) is 13.7. The van der Waals surface area contributed by atoms with Crippen molar-refractivity contribution < 1.29 is 30.3 Å². The van der Waals surface area contributed by atoms with Crippen molar-refractivity contribution in [3.05, 3.63) is 173 Å². The van der Waals surface area contributed by atoms with Crippen LogP contribution in [-0.4, -0.2) is 32.1 Å². The molecule has 0 spiro atoms. The number of phenolic OH excluding ortho intramolecular Hbond substituents is 5. The average Bonchev–Trinajstić information content (AvgIpc) is 3.27. The Morgan fingerprint density at radius 3 is 0.573 bits per heavy atom. The Morgan fingerprint density at radius 1 is 0.280 bits per heavy atom. The molecular weight excluding hydrogens is 925 g/mol. The first-order valence-corrected chi connectivity index (χ1v) is 27.5. The van der Waals surface area contributed by atoms with Gasteiger partial charge in [-0.15, -0.1) is 0 Å². The molecule has 0 heterocycles. The lowest BCUT2D eigenvalue weighted by Gasteiger charge is -2.27. The maximum atomic E-state index is 12.7. The van der Waals surface area contributed by atoms with Crippen molar-refractivity contribution in [2.45, 2.75) is 209 Å². The van der Waals surface area contributed by atoms with Crippen molar-refractivity contribution in [3.8, 4) is 34.5 Å². The van der Waals surface area contributed by atoms with Gasteiger partial charge in [0.1, 0.15) is 34.5 Å². The Labute approximate surface area is 451 Å². The Bertz CT molecular complexity index is 2940. The lowest BCUT2D eigenvalue weighted by atomic mass is 9.79. The van der Waals surface area contributed by atoms with Crippen LogP contribution in [-0.2, 0) is 71.0 Å². The van der Waals surface area contributed by atoms with E-state index in [1.165, 1.54) is 0 Å². The van der Waals surface area contributed by atoms with Crippen molar-refractivity contribution in [3.63, 3.8) is 0 Å². The van der Waals surface area contributed by atoms with E-state index in [4.69, 9.17) is 4.74 Å². The van der Waals surface area contributed by atoms with Crippen LogP contribution in [0, 0.1) is 0 Å². The van der Waals surface area contributed by atoms with Crippen LogP contribution in [0.4, 0.5) is 0 Å². The number of phenols is 5. The molecule has 6 aromatic rings. The third-order valence-electron chi connectivity index (χ3n) is 15.5. The maximum absolute atomic E-state index is 12.7. The highest BCUT2D eigenvalue weighted by Gasteiger charge is 2.30. The summed E-state index contributed by atoms with van der Waals surface area (Å²) < 4.78 is 6.85. The molecule has 402 valence electrons. The molecule has 12 bridgehead atoms. The fourth-order valence-electron chi connectivity index (χ4n) is 10.4. The van der Waals surface area contributed by atoms with Crippen molar-refractivity contribution in [1.29, 1.82) is 0 Å². The van der Waals surface area contributed by atoms with E-state index in [1.807, 2.05) is 0 Å². The molecule has 0 atom stereocenters. The Kier molecular flexibility index (Phi) is 15.3. The molecule has 0 aromatic heterocycles. The van der Waals surface area contributed by atoms with Gasteiger partial charge in [-0.25, -0.2) is 0 Å². The second kappa shape index (κ2) is 20.2. The molecular formula is C69H90O6. The highest BCUT2D eigenvalue weighted by molar-refractivity contribution is 5.60. The Morgan fingerprint density at radius 2 is 0.427 bits per heavy atom. The first-order valence-electron chi connectivity index (χ1n) is 27.5. The predicted molar refractivity (Wildman–Crippen MR) is 312 cm³/mol. The third-order valence-corrected chi connectivity index (χ3v) is 15.5. The van der Waals surface area contributed by atoms with Crippen molar-refractivity contribution in [2.24, 2.45) is 0 Å². The van der Waals surface area contributed by atoms with Gasteiger partial charge in [0.25, 0.3) is 0 Å². The smallest absolute Gasteiger partial charge is 0.126 e. The number of aromatic hydroxyl groups is 5. The SMILES string of the molecule is CCCOc1c2cc(C(C)(C)C)cc1Cc1cc(C(C)(C)C)cc(c1O)Cc1cc(C(C)(C)C)cc(c1O)Cc1cc(C(C)(C)C)cc(c1O)Cc1cc(C(C)(C)C)cc(c1O)Cc1cc(C(C)(C)C)cc(c1O)C2. The molecule has 6 heteroatoms. The van der Waals surface area contributed by atoms with Gasteiger partial charge in [-0.3, -0.25) is 0 Å². The fourth-order valence-corrected chi connectivity index (χ4v) is 10.4. The average molecular weight is 1020 g/mol. The highest BCUT2D eigenvalue weighted by atomic mass is 16.5. The van der Waals surface area contributed by atoms with E-state index in [9.17, 15) is 25.5 Å². The minimum atomic E-state index is -0.293. The van der Waals surface area contributed by atoms with E-state index < -0.39 is 0 Å². The maximum Gasteiger partial charge on any atom is 0.126 e. The zero-order chi connectivity index (χ0) is 55.7. The summed E-state index contributed by atoms with van der Waals surface area (Å²) >= 11 is 0. The molecule has 0 saturated carbocycles. The lowest BCUT2D eigenvalue weighted by Crippen LogP contribution is -2.16. The zero-order valence-electron chi connectivity index (χ0n) is 49.2. The first kappa shape index (κ1) is 56.8.